The third kappa shape index (κ3) is 7.54. The maximum absolute atomic E-state index is 13.2. The maximum Gasteiger partial charge on any atom is 0.584 e. The van der Waals surface area contributed by atoms with Crippen molar-refractivity contribution in [3.05, 3.63) is 52.6 Å². The van der Waals surface area contributed by atoms with Gasteiger partial charge in [-0.2, -0.15) is 0 Å². The van der Waals surface area contributed by atoms with Gasteiger partial charge in [-0.25, -0.2) is 4.57 Å². The van der Waals surface area contributed by atoms with Crippen LogP contribution >= 0.6 is 19.6 Å². The highest BCUT2D eigenvalue weighted by Crippen LogP contribution is 2.52. The van der Waals surface area contributed by atoms with E-state index in [0.29, 0.717) is 16.7 Å². The Bertz CT molecular complexity index is 963. The molecule has 1 N–H and O–H groups in total. The number of phosphoric ester groups is 1. The minimum absolute atomic E-state index is 0.457. The largest absolute Gasteiger partial charge is 0.584 e. The summed E-state index contributed by atoms with van der Waals surface area (Å²) in [6, 6.07) is 10.3. The first-order valence-corrected chi connectivity index (χ1v) is 15.4. The van der Waals surface area contributed by atoms with Crippen molar-refractivity contribution in [3.8, 4) is 11.5 Å². The first-order chi connectivity index (χ1) is 16.4. The molecule has 0 fully saturated rings. The van der Waals surface area contributed by atoms with E-state index in [9.17, 15) is 9.46 Å². The van der Waals surface area contributed by atoms with E-state index >= 15 is 0 Å². The van der Waals surface area contributed by atoms with Gasteiger partial charge in [0.2, 0.25) is 0 Å². The summed E-state index contributed by atoms with van der Waals surface area (Å²) < 4.78 is 24.7. The van der Waals surface area contributed by atoms with E-state index in [-0.39, 0.29) is 0 Å². The minimum atomic E-state index is -4.34. The van der Waals surface area contributed by atoms with Gasteiger partial charge in [0.25, 0.3) is 0 Å². The van der Waals surface area contributed by atoms with Crippen LogP contribution in [0, 0.1) is 0 Å². The van der Waals surface area contributed by atoms with Crippen molar-refractivity contribution in [1.82, 2.24) is 0 Å². The molecule has 0 aromatic heterocycles. The van der Waals surface area contributed by atoms with E-state index in [2.05, 4.69) is 45.9 Å². The molecule has 0 radical (unpaired) electrons. The van der Waals surface area contributed by atoms with E-state index in [1.54, 1.807) is 11.8 Å². The van der Waals surface area contributed by atoms with Gasteiger partial charge in [0, 0.05) is 5.25 Å². The molecule has 0 spiro atoms. The Labute approximate surface area is 210 Å². The van der Waals surface area contributed by atoms with Crippen LogP contribution < -0.4 is 9.05 Å². The molecule has 0 saturated heterocycles. The van der Waals surface area contributed by atoms with E-state index in [1.165, 1.54) is 11.1 Å². The predicted octanol–water partition coefficient (Wildman–Crippen LogP) is 8.70. The first-order valence-electron chi connectivity index (χ1n) is 13.0. The van der Waals surface area contributed by atoms with Gasteiger partial charge < -0.3 is 9.05 Å². The monoisotopic (exact) mass is 504 g/mol. The molecule has 2 atom stereocenters. The third-order valence-electron chi connectivity index (χ3n) is 6.37. The van der Waals surface area contributed by atoms with Crippen LogP contribution in [0.5, 0.6) is 11.5 Å². The van der Waals surface area contributed by atoms with Gasteiger partial charge in [-0.15, -0.1) is 11.8 Å². The van der Waals surface area contributed by atoms with E-state index in [1.807, 2.05) is 12.1 Å². The van der Waals surface area contributed by atoms with Gasteiger partial charge in [0.1, 0.15) is 11.5 Å². The fourth-order valence-electron chi connectivity index (χ4n) is 4.36. The topological polar surface area (TPSA) is 55.8 Å². The predicted molar refractivity (Wildman–Crippen MR) is 143 cm³/mol. The zero-order valence-corrected chi connectivity index (χ0v) is 23.0. The van der Waals surface area contributed by atoms with Crippen LogP contribution in [-0.2, 0) is 30.2 Å². The maximum atomic E-state index is 13.2. The molecule has 4 nitrogen and oxygen atoms in total. The van der Waals surface area contributed by atoms with Gasteiger partial charge in [0.05, 0.1) is 4.90 Å². The summed E-state index contributed by atoms with van der Waals surface area (Å²) in [4.78, 5) is 11.7. The number of phosphoric acid groups is 1. The molecule has 0 amide bonds. The number of thioether (sulfide) groups is 1. The number of hydrogen-bond acceptors (Lipinski definition) is 4. The highest BCUT2D eigenvalue weighted by Gasteiger charge is 2.32. The number of aryl methyl sites for hydroxylation is 3. The molecule has 0 aliphatic carbocycles. The quantitative estimate of drug-likeness (QED) is 0.261. The summed E-state index contributed by atoms with van der Waals surface area (Å²) >= 11 is 1.75. The molecule has 1 aliphatic heterocycles. The molecule has 3 rings (SSSR count). The lowest BCUT2D eigenvalue weighted by molar-refractivity contribution is 0.286. The second-order valence-electron chi connectivity index (χ2n) is 9.34. The fraction of sp³-hybridized carbons (Fsp3) is 0.571. The molecule has 0 saturated carbocycles. The summed E-state index contributed by atoms with van der Waals surface area (Å²) in [6.45, 7) is 8.71. The van der Waals surface area contributed by atoms with Gasteiger partial charge in [0.15, 0.2) is 0 Å². The molecule has 34 heavy (non-hydrogen) atoms. The molecule has 2 bridgehead atoms. The third-order valence-corrected chi connectivity index (χ3v) is 8.60. The Kier molecular flexibility index (Phi) is 10.4. The number of rotatable bonds is 14. The van der Waals surface area contributed by atoms with Crippen molar-refractivity contribution in [2.75, 3.05) is 0 Å². The lowest BCUT2D eigenvalue weighted by Crippen LogP contribution is -2.14. The van der Waals surface area contributed by atoms with E-state index in [4.69, 9.17) is 9.05 Å². The highest BCUT2D eigenvalue weighted by molar-refractivity contribution is 8.00. The molecule has 2 aromatic carbocycles. The molecule has 188 valence electrons. The van der Waals surface area contributed by atoms with Crippen LogP contribution in [0.25, 0.3) is 0 Å². The van der Waals surface area contributed by atoms with Crippen molar-refractivity contribution in [3.63, 3.8) is 0 Å². The number of hydrogen-bond donors (Lipinski definition) is 1. The summed E-state index contributed by atoms with van der Waals surface area (Å²) in [7, 11) is -4.34. The van der Waals surface area contributed by atoms with Crippen LogP contribution in [0.2, 0.25) is 0 Å². The summed E-state index contributed by atoms with van der Waals surface area (Å²) in [5.41, 5.74) is 4.53. The highest BCUT2D eigenvalue weighted by atomic mass is 32.2. The molecule has 6 heteroatoms. The van der Waals surface area contributed by atoms with Gasteiger partial charge in [-0.1, -0.05) is 65.2 Å². The molecule has 1 aliphatic rings. The van der Waals surface area contributed by atoms with Crippen molar-refractivity contribution >= 4 is 19.6 Å². The standard InChI is InChI=1S/C28H41O4PS/c1-5-9-12-21-15-16-26(23(17-21)14-11-7-3)31-33(29,30)32-28-24-18-22(13-10-6-2)19-27(28)34-25(8-4)20-24/h15-19,25H,5-14,20H2,1-4H3,(H,29,30). The van der Waals surface area contributed by atoms with Crippen LogP contribution in [0.15, 0.2) is 35.2 Å². The fourth-order valence-corrected chi connectivity index (χ4v) is 6.62. The van der Waals surface area contributed by atoms with E-state index in [0.717, 1.165) is 86.7 Å². The Morgan fingerprint density at radius 1 is 0.912 bits per heavy atom. The Balaban J connectivity index is 1.83. The average Bonchev–Trinajstić information content (AvgIpc) is 2.80. The van der Waals surface area contributed by atoms with Crippen molar-refractivity contribution in [2.24, 2.45) is 0 Å². The summed E-state index contributed by atoms with van der Waals surface area (Å²) in [5.74, 6) is 0.980. The Morgan fingerprint density at radius 3 is 2.24 bits per heavy atom. The van der Waals surface area contributed by atoms with Crippen molar-refractivity contribution < 1.29 is 18.5 Å². The second kappa shape index (κ2) is 13.0. The molecular weight excluding hydrogens is 463 g/mol. The second-order valence-corrected chi connectivity index (χ2v) is 12.0. The summed E-state index contributed by atoms with van der Waals surface area (Å²) in [6.07, 6.45) is 11.4. The molecule has 2 aromatic rings. The minimum Gasteiger partial charge on any atom is -0.395 e. The molecular formula is C28H41O4PS. The van der Waals surface area contributed by atoms with Gasteiger partial charge in [-0.3, -0.25) is 4.89 Å². The van der Waals surface area contributed by atoms with Crippen molar-refractivity contribution in [1.29, 1.82) is 0 Å². The number of benzene rings is 2. The van der Waals surface area contributed by atoms with Crippen LogP contribution in [0.4, 0.5) is 0 Å². The van der Waals surface area contributed by atoms with E-state index < -0.39 is 7.82 Å². The average molecular weight is 505 g/mol. The number of fused-ring (bicyclic) bond motifs is 2. The van der Waals surface area contributed by atoms with Crippen molar-refractivity contribution in [2.45, 2.75) is 108 Å². The van der Waals surface area contributed by atoms with Crippen LogP contribution in [0.1, 0.15) is 94.9 Å². The summed E-state index contributed by atoms with van der Waals surface area (Å²) in [5, 5.41) is 0.466. The zero-order valence-electron chi connectivity index (χ0n) is 21.3. The van der Waals surface area contributed by atoms with Crippen LogP contribution in [0.3, 0.4) is 0 Å². The first kappa shape index (κ1) is 27.2. The SMILES string of the molecule is CCCCc1ccc(OP(=O)(O)Oc2c3cc(CCCC)cc2SC(CC)C3)c(CCCC)c1. The lowest BCUT2D eigenvalue weighted by atomic mass is 10.0. The van der Waals surface area contributed by atoms with Crippen LogP contribution in [-0.4, -0.2) is 10.1 Å². The molecule has 1 heterocycles. The lowest BCUT2D eigenvalue weighted by Gasteiger charge is -2.27. The van der Waals surface area contributed by atoms with Gasteiger partial charge in [-0.05, 0) is 85.8 Å². The zero-order chi connectivity index (χ0) is 24.6. The van der Waals surface area contributed by atoms with Gasteiger partial charge >= 0.3 is 7.82 Å². The molecule has 2 unspecified atom stereocenters. The Hall–Kier alpha value is -1.42. The number of unbranched alkanes of at least 4 members (excludes halogenated alkanes) is 3. The normalized spacial score (nSPS) is 16.8. The smallest absolute Gasteiger partial charge is 0.395 e. The Morgan fingerprint density at radius 2 is 1.59 bits per heavy atom.